The van der Waals surface area contributed by atoms with Gasteiger partial charge in [0.05, 0.1) is 6.04 Å². The molecule has 1 atom stereocenters. The second-order valence-corrected chi connectivity index (χ2v) is 4.55. The number of rotatable bonds is 4. The van der Waals surface area contributed by atoms with E-state index in [0.717, 1.165) is 4.47 Å². The largest absolute Gasteiger partial charge is 0.347 e. The second kappa shape index (κ2) is 5.39. The molecule has 4 nitrogen and oxygen atoms in total. The lowest BCUT2D eigenvalue weighted by molar-refractivity contribution is 0.510. The fourth-order valence-corrected chi connectivity index (χ4v) is 2.03. The van der Waals surface area contributed by atoms with Gasteiger partial charge in [0.15, 0.2) is 0 Å². The Morgan fingerprint density at radius 1 is 1.53 bits per heavy atom. The van der Waals surface area contributed by atoms with Crippen molar-refractivity contribution in [3.8, 4) is 0 Å². The highest BCUT2D eigenvalue weighted by Crippen LogP contribution is 2.20. The highest BCUT2D eigenvalue weighted by Gasteiger charge is 2.15. The minimum absolute atomic E-state index is 0.242. The second-order valence-electron chi connectivity index (χ2n) is 3.63. The van der Waals surface area contributed by atoms with Crippen molar-refractivity contribution in [3.63, 3.8) is 0 Å². The monoisotopic (exact) mass is 298 g/mol. The third-order valence-electron chi connectivity index (χ3n) is 2.48. The van der Waals surface area contributed by atoms with Crippen LogP contribution >= 0.6 is 15.9 Å². The molecule has 1 heterocycles. The lowest BCUT2D eigenvalue weighted by Gasteiger charge is -2.14. The van der Waals surface area contributed by atoms with E-state index in [4.69, 9.17) is 5.84 Å². The Morgan fingerprint density at radius 2 is 2.35 bits per heavy atom. The first-order valence-corrected chi connectivity index (χ1v) is 5.89. The molecule has 0 bridgehead atoms. The number of nitrogens with two attached hydrogens (primary N) is 1. The number of H-pyrrole nitrogens is 1. The lowest BCUT2D eigenvalue weighted by Crippen LogP contribution is -2.30. The minimum Gasteiger partial charge on any atom is -0.347 e. The van der Waals surface area contributed by atoms with Crippen LogP contribution in [-0.4, -0.2) is 9.97 Å². The van der Waals surface area contributed by atoms with Crippen LogP contribution < -0.4 is 11.3 Å². The van der Waals surface area contributed by atoms with Crippen LogP contribution in [0, 0.1) is 5.82 Å². The molecule has 2 aromatic rings. The van der Waals surface area contributed by atoms with Gasteiger partial charge in [-0.05, 0) is 30.2 Å². The first-order chi connectivity index (χ1) is 8.20. The van der Waals surface area contributed by atoms with Crippen LogP contribution in [0.3, 0.4) is 0 Å². The van der Waals surface area contributed by atoms with Gasteiger partial charge in [-0.25, -0.2) is 14.8 Å². The van der Waals surface area contributed by atoms with Gasteiger partial charge in [-0.2, -0.15) is 0 Å². The maximum Gasteiger partial charge on any atom is 0.126 e. The van der Waals surface area contributed by atoms with Crippen molar-refractivity contribution >= 4 is 15.9 Å². The van der Waals surface area contributed by atoms with Gasteiger partial charge in [-0.15, -0.1) is 0 Å². The molecule has 0 aliphatic rings. The van der Waals surface area contributed by atoms with Crippen LogP contribution in [0.4, 0.5) is 4.39 Å². The number of nitrogens with one attached hydrogen (secondary N) is 2. The molecule has 6 heteroatoms. The fourth-order valence-electron chi connectivity index (χ4n) is 1.62. The summed E-state index contributed by atoms with van der Waals surface area (Å²) in [6, 6.07) is 4.59. The fraction of sp³-hybridized carbons (Fsp3) is 0.182. The first-order valence-electron chi connectivity index (χ1n) is 5.10. The smallest absolute Gasteiger partial charge is 0.126 e. The van der Waals surface area contributed by atoms with Crippen molar-refractivity contribution in [1.82, 2.24) is 15.4 Å². The normalized spacial score (nSPS) is 12.6. The van der Waals surface area contributed by atoms with Crippen LogP contribution in [-0.2, 0) is 6.42 Å². The number of hydrazine groups is 1. The average molecular weight is 299 g/mol. The van der Waals surface area contributed by atoms with Crippen LogP contribution in [0.2, 0.25) is 0 Å². The third kappa shape index (κ3) is 2.91. The molecule has 4 N–H and O–H groups in total. The predicted octanol–water partition coefficient (Wildman–Crippen LogP) is 2.06. The van der Waals surface area contributed by atoms with Crippen molar-refractivity contribution in [1.29, 1.82) is 0 Å². The standard InChI is InChI=1S/C11H12BrFN4/c12-8-1-2-9(13)7(5-8)6-10(17-14)11-15-3-4-16-11/h1-5,10,17H,6,14H2,(H,15,16). The van der Waals surface area contributed by atoms with E-state index in [9.17, 15) is 4.39 Å². The number of hydrogen-bond acceptors (Lipinski definition) is 3. The Morgan fingerprint density at radius 3 is 3.00 bits per heavy atom. The summed E-state index contributed by atoms with van der Waals surface area (Å²) in [7, 11) is 0. The minimum atomic E-state index is -0.250. The van der Waals surface area contributed by atoms with Gasteiger partial charge in [0.2, 0.25) is 0 Å². The Balaban J connectivity index is 2.21. The molecular formula is C11H12BrFN4. The van der Waals surface area contributed by atoms with Crippen molar-refractivity contribution in [3.05, 3.63) is 52.3 Å². The number of nitrogens with zero attached hydrogens (tertiary/aromatic N) is 1. The van der Waals surface area contributed by atoms with Gasteiger partial charge >= 0.3 is 0 Å². The zero-order valence-electron chi connectivity index (χ0n) is 8.95. The van der Waals surface area contributed by atoms with E-state index in [1.807, 2.05) is 0 Å². The van der Waals surface area contributed by atoms with E-state index in [1.165, 1.54) is 6.07 Å². The van der Waals surface area contributed by atoms with Crippen LogP contribution in [0.1, 0.15) is 17.4 Å². The van der Waals surface area contributed by atoms with E-state index >= 15 is 0 Å². The van der Waals surface area contributed by atoms with Crippen LogP contribution in [0.15, 0.2) is 35.1 Å². The summed E-state index contributed by atoms with van der Waals surface area (Å²) in [6.45, 7) is 0. The van der Waals surface area contributed by atoms with Crippen molar-refractivity contribution in [2.45, 2.75) is 12.5 Å². The molecule has 1 unspecified atom stereocenters. The number of hydrogen-bond donors (Lipinski definition) is 3. The van der Waals surface area contributed by atoms with Gasteiger partial charge in [0, 0.05) is 16.9 Å². The average Bonchev–Trinajstić information content (AvgIpc) is 2.84. The maximum absolute atomic E-state index is 13.6. The number of halogens is 2. The van der Waals surface area contributed by atoms with E-state index < -0.39 is 0 Å². The molecule has 2 rings (SSSR count). The highest BCUT2D eigenvalue weighted by atomic mass is 79.9. The van der Waals surface area contributed by atoms with E-state index in [-0.39, 0.29) is 11.9 Å². The molecule has 17 heavy (non-hydrogen) atoms. The van der Waals surface area contributed by atoms with E-state index in [1.54, 1.807) is 24.5 Å². The summed E-state index contributed by atoms with van der Waals surface area (Å²) in [6.07, 6.45) is 3.77. The van der Waals surface area contributed by atoms with Gasteiger partial charge < -0.3 is 4.98 Å². The van der Waals surface area contributed by atoms with Gasteiger partial charge in [0.25, 0.3) is 0 Å². The zero-order chi connectivity index (χ0) is 12.3. The zero-order valence-corrected chi connectivity index (χ0v) is 10.5. The molecule has 0 aliphatic heterocycles. The number of imidazole rings is 1. The Hall–Kier alpha value is -1.24. The number of aromatic nitrogens is 2. The quantitative estimate of drug-likeness (QED) is 0.598. The molecule has 1 aromatic carbocycles. The molecule has 0 spiro atoms. The summed E-state index contributed by atoms with van der Waals surface area (Å²) < 4.78 is 14.4. The van der Waals surface area contributed by atoms with Crippen LogP contribution in [0.25, 0.3) is 0 Å². The first kappa shape index (κ1) is 12.2. The molecular weight excluding hydrogens is 287 g/mol. The van der Waals surface area contributed by atoms with E-state index in [2.05, 4.69) is 31.3 Å². The Kier molecular flexibility index (Phi) is 3.88. The molecule has 0 saturated heterocycles. The molecule has 0 saturated carbocycles. The molecule has 0 radical (unpaired) electrons. The van der Waals surface area contributed by atoms with Gasteiger partial charge in [0.1, 0.15) is 11.6 Å². The third-order valence-corrected chi connectivity index (χ3v) is 2.98. The molecule has 90 valence electrons. The Labute approximate surface area is 107 Å². The van der Waals surface area contributed by atoms with Crippen molar-refractivity contribution in [2.75, 3.05) is 0 Å². The number of benzene rings is 1. The lowest BCUT2D eigenvalue weighted by atomic mass is 10.1. The summed E-state index contributed by atoms with van der Waals surface area (Å²) >= 11 is 3.32. The SMILES string of the molecule is NNC(Cc1cc(Br)ccc1F)c1ncc[nH]1. The predicted molar refractivity (Wildman–Crippen MR) is 66.5 cm³/mol. The topological polar surface area (TPSA) is 66.7 Å². The summed E-state index contributed by atoms with van der Waals surface area (Å²) in [4.78, 5) is 7.06. The molecule has 0 fully saturated rings. The maximum atomic E-state index is 13.6. The highest BCUT2D eigenvalue weighted by molar-refractivity contribution is 9.10. The van der Waals surface area contributed by atoms with Gasteiger partial charge in [-0.3, -0.25) is 5.84 Å². The summed E-state index contributed by atoms with van der Waals surface area (Å²) in [5.74, 6) is 5.89. The summed E-state index contributed by atoms with van der Waals surface area (Å²) in [5, 5.41) is 0. The molecule has 0 aliphatic carbocycles. The van der Waals surface area contributed by atoms with Gasteiger partial charge in [-0.1, -0.05) is 15.9 Å². The van der Waals surface area contributed by atoms with Crippen molar-refractivity contribution in [2.24, 2.45) is 5.84 Å². The van der Waals surface area contributed by atoms with Crippen LogP contribution in [0.5, 0.6) is 0 Å². The molecule has 1 aromatic heterocycles. The Bertz CT molecular complexity index is 486. The summed E-state index contributed by atoms with van der Waals surface area (Å²) in [5.41, 5.74) is 3.21. The van der Waals surface area contributed by atoms with Crippen molar-refractivity contribution < 1.29 is 4.39 Å². The molecule has 0 amide bonds. The van der Waals surface area contributed by atoms with E-state index in [0.29, 0.717) is 17.8 Å². The number of aromatic amines is 1.